The first-order valence-electron chi connectivity index (χ1n) is 6.20. The number of nitrogens with one attached hydrogen (secondary N) is 2. The normalized spacial score (nSPS) is 13.8. The molecule has 2 aromatic rings. The van der Waals surface area contributed by atoms with E-state index in [9.17, 15) is 0 Å². The van der Waals surface area contributed by atoms with Crippen molar-refractivity contribution in [2.75, 3.05) is 0 Å². The summed E-state index contributed by atoms with van der Waals surface area (Å²) in [4.78, 5) is 9.84. The van der Waals surface area contributed by atoms with Crippen molar-refractivity contribution in [1.82, 2.24) is 11.3 Å². The molecule has 7 nitrogen and oxygen atoms in total. The Morgan fingerprint density at radius 2 is 1.05 bits per heavy atom. The number of rotatable bonds is 8. The minimum absolute atomic E-state index is 0.654. The third kappa shape index (κ3) is 4.59. The van der Waals surface area contributed by atoms with Gasteiger partial charge in [-0.05, 0) is 0 Å². The van der Waals surface area contributed by atoms with Gasteiger partial charge < -0.3 is 4.74 Å². The van der Waals surface area contributed by atoms with Crippen LogP contribution in [-0.4, -0.2) is 10.4 Å². The monoisotopic (exact) mass is 292 g/mol. The van der Waals surface area contributed by atoms with Crippen LogP contribution in [0.4, 0.5) is 0 Å². The molecule has 0 aliphatic carbocycles. The van der Waals surface area contributed by atoms with Crippen LogP contribution < -0.4 is 11.3 Å². The molecule has 0 saturated carbocycles. The fourth-order valence-electron chi connectivity index (χ4n) is 1.78. The molecule has 2 aromatic carbocycles. The second-order valence-electron chi connectivity index (χ2n) is 4.04. The van der Waals surface area contributed by atoms with Crippen LogP contribution in [0.1, 0.15) is 23.7 Å². The van der Waals surface area contributed by atoms with E-state index in [1.807, 2.05) is 12.1 Å². The summed E-state index contributed by atoms with van der Waals surface area (Å²) in [6.45, 7) is 0. The fraction of sp³-hybridized carbons (Fsp3) is 0.143. The molecule has 21 heavy (non-hydrogen) atoms. The van der Waals surface area contributed by atoms with Gasteiger partial charge in [0.1, 0.15) is 0 Å². The van der Waals surface area contributed by atoms with Gasteiger partial charge >= 0.3 is 0 Å². The molecule has 0 heterocycles. The number of hydrogen-bond acceptors (Lipinski definition) is 7. The predicted molar refractivity (Wildman–Crippen MR) is 71.5 cm³/mol. The molecule has 7 heteroatoms. The molecule has 0 spiro atoms. The maximum atomic E-state index is 8.75. The quantitative estimate of drug-likeness (QED) is 0.438. The van der Waals surface area contributed by atoms with Crippen LogP contribution in [0, 0.1) is 0 Å². The highest BCUT2D eigenvalue weighted by atomic mass is 16.9. The van der Waals surface area contributed by atoms with Crippen LogP contribution in [0.5, 0.6) is 0 Å². The summed E-state index contributed by atoms with van der Waals surface area (Å²) in [5.74, 6) is 0. The lowest BCUT2D eigenvalue weighted by molar-refractivity contribution is -0.336. The lowest BCUT2D eigenvalue weighted by Crippen LogP contribution is -2.23. The number of benzene rings is 2. The number of hydrogen-bond donors (Lipinski definition) is 4. The molecule has 0 bridgehead atoms. The van der Waals surface area contributed by atoms with Gasteiger partial charge in [-0.2, -0.15) is 0 Å². The minimum atomic E-state index is -0.949. The van der Waals surface area contributed by atoms with Crippen molar-refractivity contribution >= 4 is 0 Å². The first-order valence-corrected chi connectivity index (χ1v) is 6.20. The Kier molecular flexibility index (Phi) is 6.25. The molecule has 0 aliphatic rings. The van der Waals surface area contributed by atoms with Gasteiger partial charge in [0.05, 0.1) is 0 Å². The van der Waals surface area contributed by atoms with Crippen LogP contribution in [0.15, 0.2) is 60.7 Å². The van der Waals surface area contributed by atoms with E-state index in [0.717, 1.165) is 0 Å². The second kappa shape index (κ2) is 8.45. The van der Waals surface area contributed by atoms with Crippen LogP contribution in [0.2, 0.25) is 0 Å². The van der Waals surface area contributed by atoms with Crippen LogP contribution in [0.3, 0.4) is 0 Å². The summed E-state index contributed by atoms with van der Waals surface area (Å²) < 4.78 is 5.61. The lowest BCUT2D eigenvalue weighted by Gasteiger charge is -2.23. The van der Waals surface area contributed by atoms with Gasteiger partial charge in [0.2, 0.25) is 12.6 Å². The summed E-state index contributed by atoms with van der Waals surface area (Å²) in [5, 5.41) is 17.5. The lowest BCUT2D eigenvalue weighted by atomic mass is 10.2. The SMILES string of the molecule is ONOC(OC(ONO)c1ccccc1)c1ccccc1. The van der Waals surface area contributed by atoms with E-state index in [1.54, 1.807) is 59.8 Å². The van der Waals surface area contributed by atoms with Gasteiger partial charge in [0, 0.05) is 11.1 Å². The Balaban J connectivity index is 2.16. The van der Waals surface area contributed by atoms with Crippen molar-refractivity contribution in [1.29, 1.82) is 0 Å². The molecule has 0 aliphatic heterocycles. The zero-order chi connectivity index (χ0) is 14.9. The van der Waals surface area contributed by atoms with Crippen molar-refractivity contribution in [2.24, 2.45) is 0 Å². The summed E-state index contributed by atoms with van der Waals surface area (Å²) in [6.07, 6.45) is -1.90. The molecule has 2 unspecified atom stereocenters. The van der Waals surface area contributed by atoms with Crippen molar-refractivity contribution in [3.8, 4) is 0 Å². The van der Waals surface area contributed by atoms with Gasteiger partial charge in [-0.25, -0.2) is 9.68 Å². The highest BCUT2D eigenvalue weighted by Crippen LogP contribution is 2.27. The zero-order valence-electron chi connectivity index (χ0n) is 11.0. The zero-order valence-corrected chi connectivity index (χ0v) is 11.0. The molecule has 4 N–H and O–H groups in total. The molecule has 2 atom stereocenters. The maximum Gasteiger partial charge on any atom is 0.209 e. The molecule has 0 amide bonds. The smallest absolute Gasteiger partial charge is 0.209 e. The number of ether oxygens (including phenoxy) is 1. The van der Waals surface area contributed by atoms with Gasteiger partial charge in [-0.1, -0.05) is 72.0 Å². The van der Waals surface area contributed by atoms with E-state index in [0.29, 0.717) is 11.1 Å². The fourth-order valence-corrected chi connectivity index (χ4v) is 1.78. The van der Waals surface area contributed by atoms with E-state index in [-0.39, 0.29) is 0 Å². The summed E-state index contributed by atoms with van der Waals surface area (Å²) in [6, 6.07) is 17.9. The topological polar surface area (TPSA) is 92.2 Å². The molecule has 0 aromatic heterocycles. The highest BCUT2D eigenvalue weighted by molar-refractivity contribution is 5.18. The Bertz CT molecular complexity index is 464. The van der Waals surface area contributed by atoms with Gasteiger partial charge in [0.25, 0.3) is 0 Å². The van der Waals surface area contributed by atoms with Crippen molar-refractivity contribution in [3.63, 3.8) is 0 Å². The van der Waals surface area contributed by atoms with Gasteiger partial charge in [-0.15, -0.1) is 0 Å². The summed E-state index contributed by atoms with van der Waals surface area (Å²) in [7, 11) is 0. The maximum absolute atomic E-state index is 8.75. The molecule has 0 fully saturated rings. The Morgan fingerprint density at radius 3 is 1.38 bits per heavy atom. The van der Waals surface area contributed by atoms with E-state index in [2.05, 4.69) is 0 Å². The molecular weight excluding hydrogens is 276 g/mol. The van der Waals surface area contributed by atoms with E-state index in [4.69, 9.17) is 24.8 Å². The third-order valence-corrected chi connectivity index (χ3v) is 2.71. The third-order valence-electron chi connectivity index (χ3n) is 2.71. The van der Waals surface area contributed by atoms with E-state index < -0.39 is 12.6 Å². The molecule has 112 valence electrons. The Hall–Kier alpha value is -1.84. The average Bonchev–Trinajstić information content (AvgIpc) is 2.55. The van der Waals surface area contributed by atoms with Crippen molar-refractivity contribution in [3.05, 3.63) is 71.8 Å². The average molecular weight is 292 g/mol. The summed E-state index contributed by atoms with van der Waals surface area (Å²) >= 11 is 0. The van der Waals surface area contributed by atoms with Crippen molar-refractivity contribution < 1.29 is 24.8 Å². The van der Waals surface area contributed by atoms with Crippen LogP contribution >= 0.6 is 0 Å². The summed E-state index contributed by atoms with van der Waals surface area (Å²) in [5.41, 5.74) is 4.51. The standard InChI is InChI=1S/C14H16N2O5/c17-15-20-13(11-7-3-1-4-8-11)19-14(21-16-18)12-9-5-2-6-10-12/h1-10,13-18H. The van der Waals surface area contributed by atoms with E-state index in [1.165, 1.54) is 0 Å². The minimum Gasteiger partial charge on any atom is -0.311 e. The van der Waals surface area contributed by atoms with Crippen molar-refractivity contribution in [2.45, 2.75) is 12.6 Å². The van der Waals surface area contributed by atoms with Crippen LogP contribution in [0.25, 0.3) is 0 Å². The Labute approximate surface area is 121 Å². The second-order valence-corrected chi connectivity index (χ2v) is 4.04. The van der Waals surface area contributed by atoms with Gasteiger partial charge in [0.15, 0.2) is 0 Å². The predicted octanol–water partition coefficient (Wildman–Crippen LogP) is 2.22. The first-order chi connectivity index (χ1) is 10.3. The highest BCUT2D eigenvalue weighted by Gasteiger charge is 2.21. The van der Waals surface area contributed by atoms with Crippen LogP contribution in [-0.2, 0) is 14.4 Å². The van der Waals surface area contributed by atoms with E-state index >= 15 is 0 Å². The molecule has 2 rings (SSSR count). The molecule has 0 radical (unpaired) electrons. The molecular formula is C14H16N2O5. The Morgan fingerprint density at radius 1 is 0.667 bits per heavy atom. The largest absolute Gasteiger partial charge is 0.311 e. The molecule has 0 saturated heterocycles. The van der Waals surface area contributed by atoms with Gasteiger partial charge in [-0.3, -0.25) is 10.4 Å². The first kappa shape index (κ1) is 15.5.